The maximum absolute atomic E-state index is 10.5. The molecule has 0 aromatic carbocycles. The fourth-order valence-corrected chi connectivity index (χ4v) is 0.436. The van der Waals surface area contributed by atoms with Crippen molar-refractivity contribution >= 4 is 5.78 Å². The van der Waals surface area contributed by atoms with Crippen LogP contribution in [0.5, 0.6) is 0 Å². The Bertz CT molecular complexity index is 145. The van der Waals surface area contributed by atoms with Crippen LogP contribution in [0.4, 0.5) is 0 Å². The largest absolute Gasteiger partial charge is 0.493 e. The number of hydrogen-bond donors (Lipinski definition) is 0. The summed E-state index contributed by atoms with van der Waals surface area (Å²) in [6, 6.07) is 0. The summed E-state index contributed by atoms with van der Waals surface area (Å²) in [7, 11) is 1.46. The van der Waals surface area contributed by atoms with Gasteiger partial charge in [0, 0.05) is 6.92 Å². The predicted molar refractivity (Wildman–Crippen MR) is 36.0 cm³/mol. The average Bonchev–Trinajstić information content (AvgIpc) is 1.82. The van der Waals surface area contributed by atoms with Gasteiger partial charge in [0.2, 0.25) is 0 Å². The number of hydrogen-bond acceptors (Lipinski definition) is 2. The Kier molecular flexibility index (Phi) is 3.44. The van der Waals surface area contributed by atoms with Crippen LogP contribution < -0.4 is 0 Å². The fourth-order valence-electron chi connectivity index (χ4n) is 0.436. The zero-order valence-corrected chi connectivity index (χ0v) is 5.68. The first-order chi connectivity index (χ1) is 4.22. The summed E-state index contributed by atoms with van der Waals surface area (Å²) in [5.74, 6) is 0.252. The van der Waals surface area contributed by atoms with Crippen LogP contribution in [0.3, 0.4) is 0 Å². The highest BCUT2D eigenvalue weighted by atomic mass is 16.5. The van der Waals surface area contributed by atoms with Crippen LogP contribution in [0.2, 0.25) is 0 Å². The Morgan fingerprint density at radius 1 is 1.67 bits per heavy atom. The zero-order valence-electron chi connectivity index (χ0n) is 5.68. The number of carbonyl (C=O) groups is 1. The van der Waals surface area contributed by atoms with E-state index in [1.165, 1.54) is 26.2 Å². The number of ketones is 1. The standard InChI is InChI=1S/C7H10O2/c1-4-5-7(9-3)6(2)8/h4-5H,1H2,2-3H3/b7-5-. The van der Waals surface area contributed by atoms with Crippen LogP contribution in [-0.2, 0) is 9.53 Å². The number of Topliss-reactive ketones (excluding diaryl/α,β-unsaturated/α-hetero) is 1. The quantitative estimate of drug-likeness (QED) is 0.323. The van der Waals surface area contributed by atoms with Crippen LogP contribution in [-0.4, -0.2) is 12.9 Å². The Hall–Kier alpha value is -1.05. The van der Waals surface area contributed by atoms with E-state index in [0.717, 1.165) is 0 Å². The lowest BCUT2D eigenvalue weighted by atomic mass is 10.3. The lowest BCUT2D eigenvalue weighted by Gasteiger charge is -1.97. The van der Waals surface area contributed by atoms with Gasteiger partial charge in [-0.2, -0.15) is 0 Å². The monoisotopic (exact) mass is 126 g/mol. The van der Waals surface area contributed by atoms with Crippen LogP contribution >= 0.6 is 0 Å². The molecule has 0 heterocycles. The first-order valence-corrected chi connectivity index (χ1v) is 2.60. The van der Waals surface area contributed by atoms with Gasteiger partial charge in [0.25, 0.3) is 0 Å². The van der Waals surface area contributed by atoms with Gasteiger partial charge in [-0.25, -0.2) is 0 Å². The molecule has 0 aliphatic heterocycles. The highest BCUT2D eigenvalue weighted by Gasteiger charge is 1.98. The summed E-state index contributed by atoms with van der Waals surface area (Å²) in [4.78, 5) is 10.5. The SMILES string of the molecule is C=C/C=C(\OC)C(C)=O. The van der Waals surface area contributed by atoms with E-state index in [1.54, 1.807) is 0 Å². The smallest absolute Gasteiger partial charge is 0.194 e. The van der Waals surface area contributed by atoms with Crippen LogP contribution in [0.15, 0.2) is 24.5 Å². The van der Waals surface area contributed by atoms with Crippen molar-refractivity contribution < 1.29 is 9.53 Å². The number of allylic oxidation sites excluding steroid dienone is 3. The van der Waals surface area contributed by atoms with Crippen molar-refractivity contribution in [2.45, 2.75) is 6.92 Å². The molecule has 0 fully saturated rings. The van der Waals surface area contributed by atoms with Gasteiger partial charge in [-0.1, -0.05) is 12.7 Å². The van der Waals surface area contributed by atoms with Crippen molar-refractivity contribution in [3.05, 3.63) is 24.5 Å². The van der Waals surface area contributed by atoms with E-state index in [2.05, 4.69) is 6.58 Å². The second kappa shape index (κ2) is 3.89. The maximum atomic E-state index is 10.5. The second-order valence-corrected chi connectivity index (χ2v) is 1.53. The molecule has 0 aromatic rings. The molecule has 0 saturated carbocycles. The number of rotatable bonds is 3. The van der Waals surface area contributed by atoms with Crippen molar-refractivity contribution in [3.63, 3.8) is 0 Å². The first kappa shape index (κ1) is 7.95. The lowest BCUT2D eigenvalue weighted by Crippen LogP contribution is -1.97. The summed E-state index contributed by atoms with van der Waals surface area (Å²) in [5, 5.41) is 0. The highest BCUT2D eigenvalue weighted by molar-refractivity contribution is 5.91. The van der Waals surface area contributed by atoms with Crippen molar-refractivity contribution in [3.8, 4) is 0 Å². The van der Waals surface area contributed by atoms with Crippen molar-refractivity contribution in [2.24, 2.45) is 0 Å². The molecular formula is C7H10O2. The number of methoxy groups -OCH3 is 1. The minimum absolute atomic E-state index is 0.0857. The van der Waals surface area contributed by atoms with Gasteiger partial charge in [0.15, 0.2) is 11.5 Å². The first-order valence-electron chi connectivity index (χ1n) is 2.60. The zero-order chi connectivity index (χ0) is 7.28. The van der Waals surface area contributed by atoms with Gasteiger partial charge in [-0.05, 0) is 6.08 Å². The molecule has 0 N–H and O–H groups in total. The van der Waals surface area contributed by atoms with E-state index in [9.17, 15) is 4.79 Å². The van der Waals surface area contributed by atoms with E-state index in [4.69, 9.17) is 4.74 Å². The summed E-state index contributed by atoms with van der Waals surface area (Å²) in [5.41, 5.74) is 0. The molecule has 0 unspecified atom stereocenters. The van der Waals surface area contributed by atoms with Crippen molar-refractivity contribution in [1.82, 2.24) is 0 Å². The molecule has 9 heavy (non-hydrogen) atoms. The maximum Gasteiger partial charge on any atom is 0.194 e. The third kappa shape index (κ3) is 2.69. The topological polar surface area (TPSA) is 26.3 Å². The van der Waals surface area contributed by atoms with Gasteiger partial charge in [0.1, 0.15) is 0 Å². The van der Waals surface area contributed by atoms with Crippen molar-refractivity contribution in [2.75, 3.05) is 7.11 Å². The molecule has 50 valence electrons. The van der Waals surface area contributed by atoms with E-state index in [1.807, 2.05) is 0 Å². The molecule has 0 radical (unpaired) electrons. The predicted octanol–water partition coefficient (Wildman–Crippen LogP) is 1.29. The minimum Gasteiger partial charge on any atom is -0.493 e. The van der Waals surface area contributed by atoms with Gasteiger partial charge in [-0.15, -0.1) is 0 Å². The Balaban J connectivity index is 4.14. The number of carbonyl (C=O) groups excluding carboxylic acids is 1. The van der Waals surface area contributed by atoms with Crippen LogP contribution in [0.1, 0.15) is 6.92 Å². The molecular weight excluding hydrogens is 116 g/mol. The van der Waals surface area contributed by atoms with E-state index in [-0.39, 0.29) is 5.78 Å². The second-order valence-electron chi connectivity index (χ2n) is 1.53. The molecule has 0 aromatic heterocycles. The van der Waals surface area contributed by atoms with Gasteiger partial charge < -0.3 is 4.74 Å². The normalized spacial score (nSPS) is 10.7. The van der Waals surface area contributed by atoms with Crippen LogP contribution in [0.25, 0.3) is 0 Å². The van der Waals surface area contributed by atoms with Crippen LogP contribution in [0, 0.1) is 0 Å². The molecule has 0 spiro atoms. The third-order valence-corrected chi connectivity index (χ3v) is 0.836. The molecule has 0 aliphatic carbocycles. The molecule has 0 bridgehead atoms. The van der Waals surface area contributed by atoms with Gasteiger partial charge >= 0.3 is 0 Å². The lowest BCUT2D eigenvalue weighted by molar-refractivity contribution is -0.116. The molecule has 2 heteroatoms. The molecule has 0 amide bonds. The van der Waals surface area contributed by atoms with E-state index >= 15 is 0 Å². The molecule has 0 atom stereocenters. The van der Waals surface area contributed by atoms with Gasteiger partial charge in [0.05, 0.1) is 7.11 Å². The molecule has 0 saturated heterocycles. The average molecular weight is 126 g/mol. The third-order valence-electron chi connectivity index (χ3n) is 0.836. The Labute approximate surface area is 54.8 Å². The summed E-state index contributed by atoms with van der Waals surface area (Å²) in [6.45, 7) is 4.87. The van der Waals surface area contributed by atoms with Crippen molar-refractivity contribution in [1.29, 1.82) is 0 Å². The fraction of sp³-hybridized carbons (Fsp3) is 0.286. The highest BCUT2D eigenvalue weighted by Crippen LogP contribution is 1.95. The Morgan fingerprint density at radius 3 is 2.33 bits per heavy atom. The summed E-state index contributed by atoms with van der Waals surface area (Å²) < 4.78 is 4.69. The summed E-state index contributed by atoms with van der Waals surface area (Å²) in [6.07, 6.45) is 3.04. The van der Waals surface area contributed by atoms with Gasteiger partial charge in [-0.3, -0.25) is 4.79 Å². The Morgan fingerprint density at radius 2 is 2.22 bits per heavy atom. The van der Waals surface area contributed by atoms with E-state index < -0.39 is 0 Å². The number of ether oxygens (including phenoxy) is 1. The molecule has 0 rings (SSSR count). The molecule has 2 nitrogen and oxygen atoms in total. The molecule has 0 aliphatic rings. The minimum atomic E-state index is -0.0857. The summed E-state index contributed by atoms with van der Waals surface area (Å²) >= 11 is 0. The van der Waals surface area contributed by atoms with E-state index in [0.29, 0.717) is 5.76 Å².